The lowest BCUT2D eigenvalue weighted by atomic mass is 9.60. The molecule has 1 aromatic heterocycles. The Kier molecular flexibility index (Phi) is 5.76. The Bertz CT molecular complexity index is 565. The van der Waals surface area contributed by atoms with E-state index in [-0.39, 0.29) is 0 Å². The standard InChI is InChI=1S/C18H30N4OS/c1-4-23-15-11-14(18(15)8-5-6-9-18)22-17(19-3)20-10-7-16-21-12-13(2)24-16/h12,14-15H,4-11H2,1-3H3,(H2,19,20,22). The highest BCUT2D eigenvalue weighted by atomic mass is 32.1. The Labute approximate surface area is 149 Å². The summed E-state index contributed by atoms with van der Waals surface area (Å²) in [6, 6.07) is 0.491. The Hall–Kier alpha value is -1.14. The zero-order valence-corrected chi connectivity index (χ0v) is 15.9. The third kappa shape index (κ3) is 3.59. The quantitative estimate of drug-likeness (QED) is 0.612. The summed E-state index contributed by atoms with van der Waals surface area (Å²) >= 11 is 1.77. The molecule has 2 atom stereocenters. The predicted octanol–water partition coefficient (Wildman–Crippen LogP) is 2.90. The van der Waals surface area contributed by atoms with E-state index in [0.717, 1.165) is 32.0 Å². The minimum Gasteiger partial charge on any atom is -0.378 e. The van der Waals surface area contributed by atoms with Crippen molar-refractivity contribution in [2.45, 2.75) is 64.5 Å². The van der Waals surface area contributed by atoms with E-state index in [1.165, 1.54) is 35.6 Å². The van der Waals surface area contributed by atoms with Crippen molar-refractivity contribution in [3.05, 3.63) is 16.1 Å². The van der Waals surface area contributed by atoms with Gasteiger partial charge in [-0.25, -0.2) is 4.98 Å². The second-order valence-electron chi connectivity index (χ2n) is 6.93. The maximum absolute atomic E-state index is 6.00. The Morgan fingerprint density at radius 2 is 2.25 bits per heavy atom. The van der Waals surface area contributed by atoms with Crippen LogP contribution in [-0.4, -0.2) is 43.3 Å². The number of nitrogens with one attached hydrogen (secondary N) is 2. The lowest BCUT2D eigenvalue weighted by Gasteiger charge is -2.54. The smallest absolute Gasteiger partial charge is 0.191 e. The van der Waals surface area contributed by atoms with Crippen molar-refractivity contribution in [2.75, 3.05) is 20.2 Å². The normalized spacial score (nSPS) is 25.7. The summed E-state index contributed by atoms with van der Waals surface area (Å²) in [5, 5.41) is 8.28. The number of guanidine groups is 1. The largest absolute Gasteiger partial charge is 0.378 e. The number of hydrogen-bond donors (Lipinski definition) is 2. The summed E-state index contributed by atoms with van der Waals surface area (Å²) in [6.07, 6.45) is 9.64. The zero-order valence-electron chi connectivity index (χ0n) is 15.1. The zero-order chi connectivity index (χ0) is 17.0. The monoisotopic (exact) mass is 350 g/mol. The Morgan fingerprint density at radius 3 is 2.88 bits per heavy atom. The van der Waals surface area contributed by atoms with Gasteiger partial charge in [-0.1, -0.05) is 12.8 Å². The number of aliphatic imine (C=N–C) groups is 1. The lowest BCUT2D eigenvalue weighted by molar-refractivity contribution is -0.125. The van der Waals surface area contributed by atoms with E-state index in [1.807, 2.05) is 13.2 Å². The molecule has 1 aromatic rings. The van der Waals surface area contributed by atoms with Crippen LogP contribution in [0.4, 0.5) is 0 Å². The Morgan fingerprint density at radius 1 is 1.46 bits per heavy atom. The molecule has 0 amide bonds. The molecule has 0 radical (unpaired) electrons. The van der Waals surface area contributed by atoms with Gasteiger partial charge in [0.15, 0.2) is 5.96 Å². The van der Waals surface area contributed by atoms with Crippen LogP contribution in [-0.2, 0) is 11.2 Å². The van der Waals surface area contributed by atoms with Crippen LogP contribution in [0.3, 0.4) is 0 Å². The highest BCUT2D eigenvalue weighted by Gasteiger charge is 2.56. The Balaban J connectivity index is 1.50. The molecule has 0 aromatic carbocycles. The molecule has 2 N–H and O–H groups in total. The molecule has 1 heterocycles. The molecule has 1 spiro atoms. The second-order valence-corrected chi connectivity index (χ2v) is 8.25. The first-order valence-electron chi connectivity index (χ1n) is 9.18. The van der Waals surface area contributed by atoms with Crippen molar-refractivity contribution >= 4 is 17.3 Å². The van der Waals surface area contributed by atoms with E-state index in [0.29, 0.717) is 17.6 Å². The highest BCUT2D eigenvalue weighted by Crippen LogP contribution is 2.54. The van der Waals surface area contributed by atoms with Crippen LogP contribution in [0.25, 0.3) is 0 Å². The summed E-state index contributed by atoms with van der Waals surface area (Å²) in [5.74, 6) is 0.912. The summed E-state index contributed by atoms with van der Waals surface area (Å²) in [5.41, 5.74) is 0.333. The molecule has 2 fully saturated rings. The molecule has 3 rings (SSSR count). The molecule has 5 nitrogen and oxygen atoms in total. The molecule has 2 saturated carbocycles. The minimum absolute atomic E-state index is 0.333. The van der Waals surface area contributed by atoms with Crippen LogP contribution < -0.4 is 10.6 Å². The highest BCUT2D eigenvalue weighted by molar-refractivity contribution is 7.11. The van der Waals surface area contributed by atoms with Crippen LogP contribution >= 0.6 is 11.3 Å². The number of ether oxygens (including phenoxy) is 1. The van der Waals surface area contributed by atoms with Gasteiger partial charge in [0.1, 0.15) is 0 Å². The van der Waals surface area contributed by atoms with Gasteiger partial charge in [0.25, 0.3) is 0 Å². The van der Waals surface area contributed by atoms with E-state index in [9.17, 15) is 0 Å². The van der Waals surface area contributed by atoms with Crippen LogP contribution in [0.2, 0.25) is 0 Å². The molecule has 2 unspecified atom stereocenters. The molecule has 134 valence electrons. The molecular weight excluding hydrogens is 320 g/mol. The molecule has 2 aliphatic rings. The molecule has 0 saturated heterocycles. The van der Waals surface area contributed by atoms with Crippen molar-refractivity contribution in [2.24, 2.45) is 10.4 Å². The van der Waals surface area contributed by atoms with Gasteiger partial charge in [-0.2, -0.15) is 0 Å². The van der Waals surface area contributed by atoms with E-state index >= 15 is 0 Å². The summed E-state index contributed by atoms with van der Waals surface area (Å²) in [6.45, 7) is 5.88. The first-order chi connectivity index (χ1) is 11.7. The third-order valence-electron chi connectivity index (χ3n) is 5.52. The molecular formula is C18H30N4OS. The van der Waals surface area contributed by atoms with Crippen molar-refractivity contribution < 1.29 is 4.74 Å². The number of rotatable bonds is 6. The average Bonchev–Trinajstić information content (AvgIpc) is 3.23. The van der Waals surface area contributed by atoms with Crippen LogP contribution in [0.5, 0.6) is 0 Å². The molecule has 2 aliphatic carbocycles. The van der Waals surface area contributed by atoms with Crippen molar-refractivity contribution in [3.8, 4) is 0 Å². The van der Waals surface area contributed by atoms with Crippen molar-refractivity contribution in [1.29, 1.82) is 0 Å². The van der Waals surface area contributed by atoms with Gasteiger partial charge in [0, 0.05) is 49.2 Å². The maximum Gasteiger partial charge on any atom is 0.191 e. The fraction of sp³-hybridized carbons (Fsp3) is 0.778. The predicted molar refractivity (Wildman–Crippen MR) is 99.8 cm³/mol. The SMILES string of the molecule is CCOC1CC(NC(=NC)NCCc2ncc(C)s2)C12CCCC2. The maximum atomic E-state index is 6.00. The summed E-state index contributed by atoms with van der Waals surface area (Å²) in [7, 11) is 1.85. The van der Waals surface area contributed by atoms with Crippen LogP contribution in [0.1, 0.15) is 48.9 Å². The van der Waals surface area contributed by atoms with Crippen molar-refractivity contribution in [1.82, 2.24) is 15.6 Å². The van der Waals surface area contributed by atoms with E-state index in [4.69, 9.17) is 4.74 Å². The van der Waals surface area contributed by atoms with Crippen LogP contribution in [0, 0.1) is 12.3 Å². The van der Waals surface area contributed by atoms with Gasteiger partial charge in [-0.3, -0.25) is 4.99 Å². The van der Waals surface area contributed by atoms with Gasteiger partial charge < -0.3 is 15.4 Å². The van der Waals surface area contributed by atoms with Gasteiger partial charge in [0.2, 0.25) is 0 Å². The number of aryl methyl sites for hydroxylation is 1. The van der Waals surface area contributed by atoms with Gasteiger partial charge in [0.05, 0.1) is 11.1 Å². The molecule has 0 bridgehead atoms. The number of hydrogen-bond acceptors (Lipinski definition) is 4. The third-order valence-corrected chi connectivity index (χ3v) is 6.49. The molecule has 6 heteroatoms. The van der Waals surface area contributed by atoms with E-state index in [2.05, 4.69) is 34.5 Å². The first kappa shape index (κ1) is 17.7. The van der Waals surface area contributed by atoms with Crippen molar-refractivity contribution in [3.63, 3.8) is 0 Å². The average molecular weight is 351 g/mol. The minimum atomic E-state index is 0.333. The first-order valence-corrected chi connectivity index (χ1v) is 9.99. The molecule has 0 aliphatic heterocycles. The van der Waals surface area contributed by atoms with E-state index < -0.39 is 0 Å². The van der Waals surface area contributed by atoms with Crippen LogP contribution in [0.15, 0.2) is 11.2 Å². The summed E-state index contributed by atoms with van der Waals surface area (Å²) < 4.78 is 6.00. The van der Waals surface area contributed by atoms with Gasteiger partial charge in [-0.05, 0) is 33.1 Å². The number of aromatic nitrogens is 1. The number of nitrogens with zero attached hydrogens (tertiary/aromatic N) is 2. The number of thiazole rings is 1. The van der Waals surface area contributed by atoms with Gasteiger partial charge in [-0.15, -0.1) is 11.3 Å². The summed E-state index contributed by atoms with van der Waals surface area (Å²) in [4.78, 5) is 10.1. The second kappa shape index (κ2) is 7.83. The fourth-order valence-electron chi connectivity index (χ4n) is 4.25. The topological polar surface area (TPSA) is 58.5 Å². The molecule has 24 heavy (non-hydrogen) atoms. The van der Waals surface area contributed by atoms with E-state index in [1.54, 1.807) is 11.3 Å². The fourth-order valence-corrected chi connectivity index (χ4v) is 5.04. The van der Waals surface area contributed by atoms with Gasteiger partial charge >= 0.3 is 0 Å². The lowest BCUT2D eigenvalue weighted by Crippen LogP contribution is -2.65.